The van der Waals surface area contributed by atoms with E-state index in [-0.39, 0.29) is 0 Å². The van der Waals surface area contributed by atoms with Gasteiger partial charge in [-0.05, 0) is 19.4 Å². The molecule has 0 unspecified atom stereocenters. The summed E-state index contributed by atoms with van der Waals surface area (Å²) in [6.07, 6.45) is 13.0. The third-order valence-corrected chi connectivity index (χ3v) is 2.78. The molecule has 0 radical (unpaired) electrons. The predicted molar refractivity (Wildman–Crippen MR) is 64.0 cm³/mol. The Morgan fingerprint density at radius 2 is 1.56 bits per heavy atom. The largest absolute Gasteiger partial charge is 0.342 e. The van der Waals surface area contributed by atoms with E-state index >= 15 is 0 Å². The van der Waals surface area contributed by atoms with E-state index in [1.54, 1.807) is 6.20 Å². The highest BCUT2D eigenvalue weighted by Gasteiger charge is 1.97. The minimum atomic E-state index is 0.839. The lowest BCUT2D eigenvalue weighted by atomic mass is 10.1. The summed E-state index contributed by atoms with van der Waals surface area (Å²) in [6, 6.07) is 0. The highest BCUT2D eigenvalue weighted by molar-refractivity contribution is 4.84. The first-order valence-corrected chi connectivity index (χ1v) is 6.40. The van der Waals surface area contributed by atoms with E-state index in [4.69, 9.17) is 10.3 Å². The smallest absolute Gasteiger partial charge is 0.157 e. The molecule has 4 heteroatoms. The number of hydrogen-bond donors (Lipinski definition) is 1. The van der Waals surface area contributed by atoms with Crippen molar-refractivity contribution in [2.75, 3.05) is 6.54 Å². The molecule has 0 saturated heterocycles. The Morgan fingerprint density at radius 1 is 0.938 bits per heavy atom. The average Bonchev–Trinajstić information content (AvgIpc) is 2.80. The van der Waals surface area contributed by atoms with Crippen molar-refractivity contribution in [1.29, 1.82) is 0 Å². The molecule has 0 bridgehead atoms. The summed E-state index contributed by atoms with van der Waals surface area (Å²) in [4.78, 5) is 0. The lowest BCUT2D eigenvalue weighted by Gasteiger charge is -2.00. The van der Waals surface area contributed by atoms with Gasteiger partial charge >= 0.3 is 0 Å². The van der Waals surface area contributed by atoms with Crippen LogP contribution in [0.4, 0.5) is 0 Å². The van der Waals surface area contributed by atoms with E-state index in [1.807, 2.05) is 0 Å². The fourth-order valence-electron chi connectivity index (χ4n) is 1.80. The van der Waals surface area contributed by atoms with Gasteiger partial charge in [0.05, 0.1) is 6.20 Å². The number of aryl methyl sites for hydroxylation is 1. The third-order valence-electron chi connectivity index (χ3n) is 2.78. The van der Waals surface area contributed by atoms with Gasteiger partial charge in [-0.2, -0.15) is 0 Å². The molecule has 0 saturated carbocycles. The molecule has 4 nitrogen and oxygen atoms in total. The molecule has 1 aromatic heterocycles. The van der Waals surface area contributed by atoms with Gasteiger partial charge in [0.25, 0.3) is 0 Å². The van der Waals surface area contributed by atoms with Gasteiger partial charge < -0.3 is 10.3 Å². The average molecular weight is 225 g/mol. The van der Waals surface area contributed by atoms with Crippen molar-refractivity contribution in [3.63, 3.8) is 0 Å². The predicted octanol–water partition coefficient (Wildman–Crippen LogP) is 2.69. The molecule has 0 spiro atoms. The Labute approximate surface area is 97.6 Å². The van der Waals surface area contributed by atoms with Gasteiger partial charge in [0.15, 0.2) is 5.76 Å². The van der Waals surface area contributed by atoms with E-state index in [2.05, 4.69) is 10.4 Å². The molecular weight excluding hydrogens is 202 g/mol. The first-order valence-electron chi connectivity index (χ1n) is 6.40. The molecule has 1 aromatic rings. The summed E-state index contributed by atoms with van der Waals surface area (Å²) in [5.41, 5.74) is 5.44. The summed E-state index contributed by atoms with van der Waals surface area (Å²) in [6.45, 7) is 0.839. The summed E-state index contributed by atoms with van der Waals surface area (Å²) in [7, 11) is 0. The van der Waals surface area contributed by atoms with Gasteiger partial charge in [-0.3, -0.25) is 0 Å². The van der Waals surface area contributed by atoms with Crippen LogP contribution >= 0.6 is 0 Å². The number of rotatable bonds is 10. The van der Waals surface area contributed by atoms with Crippen molar-refractivity contribution < 1.29 is 4.52 Å². The molecule has 16 heavy (non-hydrogen) atoms. The van der Waals surface area contributed by atoms with Crippen LogP contribution in [0.5, 0.6) is 0 Å². The summed E-state index contributed by atoms with van der Waals surface area (Å²) < 4.78 is 4.93. The van der Waals surface area contributed by atoms with Gasteiger partial charge in [-0.1, -0.05) is 38.5 Å². The van der Waals surface area contributed by atoms with Crippen LogP contribution in [0.25, 0.3) is 0 Å². The molecule has 92 valence electrons. The van der Waals surface area contributed by atoms with Crippen LogP contribution in [0, 0.1) is 0 Å². The van der Waals surface area contributed by atoms with Gasteiger partial charge in [-0.25, -0.2) is 0 Å². The van der Waals surface area contributed by atoms with Crippen LogP contribution in [0.15, 0.2) is 10.7 Å². The quantitative estimate of drug-likeness (QED) is 0.622. The van der Waals surface area contributed by atoms with E-state index < -0.39 is 0 Å². The molecule has 0 aliphatic heterocycles. The fraction of sp³-hybridized carbons (Fsp3) is 0.833. The zero-order valence-electron chi connectivity index (χ0n) is 10.0. The Kier molecular flexibility index (Phi) is 7.68. The second-order valence-corrected chi connectivity index (χ2v) is 4.25. The zero-order chi connectivity index (χ0) is 11.5. The minimum Gasteiger partial charge on any atom is -0.342 e. The topological polar surface area (TPSA) is 64.9 Å². The molecule has 0 aliphatic carbocycles. The van der Waals surface area contributed by atoms with Gasteiger partial charge in [0.1, 0.15) is 0 Å². The molecule has 2 N–H and O–H groups in total. The fourth-order valence-corrected chi connectivity index (χ4v) is 1.80. The van der Waals surface area contributed by atoms with Crippen molar-refractivity contribution in [3.8, 4) is 0 Å². The highest BCUT2D eigenvalue weighted by Crippen LogP contribution is 2.10. The van der Waals surface area contributed by atoms with Crippen molar-refractivity contribution in [1.82, 2.24) is 10.4 Å². The molecule has 0 aliphatic rings. The molecule has 0 fully saturated rings. The van der Waals surface area contributed by atoms with Crippen LogP contribution in [0.1, 0.15) is 57.1 Å². The normalized spacial score (nSPS) is 10.8. The van der Waals surface area contributed by atoms with E-state index in [9.17, 15) is 0 Å². The van der Waals surface area contributed by atoms with Crippen LogP contribution < -0.4 is 5.73 Å². The Morgan fingerprint density at radius 3 is 2.12 bits per heavy atom. The highest BCUT2D eigenvalue weighted by atomic mass is 16.5. The van der Waals surface area contributed by atoms with Crippen LogP contribution in [0.3, 0.4) is 0 Å². The minimum absolute atomic E-state index is 0.839. The SMILES string of the molecule is NCCCCCCCCCCc1cnno1. The van der Waals surface area contributed by atoms with E-state index in [1.165, 1.54) is 51.4 Å². The Bertz CT molecular complexity index is 236. The molecule has 1 rings (SSSR count). The number of unbranched alkanes of at least 4 members (excludes halogenated alkanes) is 7. The number of nitrogens with zero attached hydrogens (tertiary/aromatic N) is 2. The Hall–Kier alpha value is -0.900. The second-order valence-electron chi connectivity index (χ2n) is 4.25. The molecular formula is C12H23N3O. The zero-order valence-corrected chi connectivity index (χ0v) is 10.0. The van der Waals surface area contributed by atoms with E-state index in [0.717, 1.165) is 18.7 Å². The number of nitrogens with two attached hydrogens (primary N) is 1. The van der Waals surface area contributed by atoms with Crippen LogP contribution in [0.2, 0.25) is 0 Å². The van der Waals surface area contributed by atoms with Crippen molar-refractivity contribution in [2.24, 2.45) is 5.73 Å². The van der Waals surface area contributed by atoms with E-state index in [0.29, 0.717) is 0 Å². The maximum Gasteiger partial charge on any atom is 0.157 e. The summed E-state index contributed by atoms with van der Waals surface area (Å²) >= 11 is 0. The van der Waals surface area contributed by atoms with Crippen molar-refractivity contribution in [2.45, 2.75) is 57.8 Å². The van der Waals surface area contributed by atoms with Crippen LogP contribution in [-0.2, 0) is 6.42 Å². The van der Waals surface area contributed by atoms with Gasteiger partial charge in [-0.15, -0.1) is 5.10 Å². The standard InChI is InChI=1S/C12H23N3O/c13-10-8-6-4-2-1-3-5-7-9-12-11-14-15-16-12/h11H,1-10,13H2. The third kappa shape index (κ3) is 6.56. The van der Waals surface area contributed by atoms with Crippen LogP contribution in [-0.4, -0.2) is 16.9 Å². The van der Waals surface area contributed by atoms with Crippen molar-refractivity contribution >= 4 is 0 Å². The number of aromatic nitrogens is 2. The van der Waals surface area contributed by atoms with Gasteiger partial charge in [0, 0.05) is 11.7 Å². The first-order chi connectivity index (χ1) is 7.93. The lowest BCUT2D eigenvalue weighted by molar-refractivity contribution is 0.358. The molecule has 0 aromatic carbocycles. The molecule has 0 atom stereocenters. The Balaban J connectivity index is 1.78. The maximum absolute atomic E-state index is 5.44. The lowest BCUT2D eigenvalue weighted by Crippen LogP contribution is -1.97. The van der Waals surface area contributed by atoms with Crippen molar-refractivity contribution in [3.05, 3.63) is 12.0 Å². The molecule has 1 heterocycles. The molecule has 0 amide bonds. The summed E-state index contributed by atoms with van der Waals surface area (Å²) in [5, 5.41) is 7.10. The second kappa shape index (κ2) is 9.33. The van der Waals surface area contributed by atoms with Gasteiger partial charge in [0.2, 0.25) is 0 Å². The monoisotopic (exact) mass is 225 g/mol. The summed E-state index contributed by atoms with van der Waals surface area (Å²) in [5.74, 6) is 0.906. The first kappa shape index (κ1) is 13.2. The number of hydrogen-bond acceptors (Lipinski definition) is 4. The maximum atomic E-state index is 5.44.